The predicted octanol–water partition coefficient (Wildman–Crippen LogP) is 2.29. The standard InChI is InChI=1S/C20H25N5O/c1-3-14-11-15(5-6-16(14)12-21)18-13-24(4-2)20(26)19(23-18)25-9-7-17(22)8-10-25/h5-6,11,13,17H,3-4,7-10,22H2,1-2H3. The zero-order valence-electron chi connectivity index (χ0n) is 15.4. The fourth-order valence-electron chi connectivity index (χ4n) is 3.37. The van der Waals surface area contributed by atoms with Crippen molar-refractivity contribution in [2.24, 2.45) is 5.73 Å². The van der Waals surface area contributed by atoms with Crippen molar-refractivity contribution >= 4 is 5.82 Å². The van der Waals surface area contributed by atoms with E-state index < -0.39 is 0 Å². The number of aromatic nitrogens is 2. The Bertz CT molecular complexity index is 888. The zero-order valence-corrected chi connectivity index (χ0v) is 15.4. The molecule has 0 spiro atoms. The van der Waals surface area contributed by atoms with Crippen LogP contribution >= 0.6 is 0 Å². The fraction of sp³-hybridized carbons (Fsp3) is 0.450. The van der Waals surface area contributed by atoms with Gasteiger partial charge in [-0.3, -0.25) is 4.79 Å². The van der Waals surface area contributed by atoms with Gasteiger partial charge in [0.05, 0.1) is 17.3 Å². The van der Waals surface area contributed by atoms with Gasteiger partial charge < -0.3 is 15.2 Å². The summed E-state index contributed by atoms with van der Waals surface area (Å²) in [7, 11) is 0. The van der Waals surface area contributed by atoms with E-state index in [4.69, 9.17) is 10.7 Å². The van der Waals surface area contributed by atoms with Crippen molar-refractivity contribution in [2.45, 2.75) is 45.7 Å². The molecule has 0 bridgehead atoms. The lowest BCUT2D eigenvalue weighted by molar-refractivity contribution is 0.496. The van der Waals surface area contributed by atoms with Crippen molar-refractivity contribution in [1.29, 1.82) is 5.26 Å². The molecule has 0 amide bonds. The summed E-state index contributed by atoms with van der Waals surface area (Å²) in [5.41, 5.74) is 9.30. The van der Waals surface area contributed by atoms with Gasteiger partial charge in [-0.25, -0.2) is 4.98 Å². The third-order valence-electron chi connectivity index (χ3n) is 5.04. The highest BCUT2D eigenvalue weighted by Crippen LogP contribution is 2.23. The van der Waals surface area contributed by atoms with Gasteiger partial charge in [0.1, 0.15) is 0 Å². The van der Waals surface area contributed by atoms with Crippen molar-refractivity contribution in [1.82, 2.24) is 9.55 Å². The predicted molar refractivity (Wildman–Crippen MR) is 103 cm³/mol. The molecule has 0 unspecified atom stereocenters. The number of rotatable bonds is 4. The van der Waals surface area contributed by atoms with E-state index in [-0.39, 0.29) is 11.6 Å². The quantitative estimate of drug-likeness (QED) is 0.913. The third kappa shape index (κ3) is 3.49. The molecule has 6 heteroatoms. The molecule has 3 rings (SSSR count). The summed E-state index contributed by atoms with van der Waals surface area (Å²) in [5.74, 6) is 0.499. The van der Waals surface area contributed by atoms with Gasteiger partial charge in [0.15, 0.2) is 5.82 Å². The Labute approximate surface area is 153 Å². The molecule has 0 atom stereocenters. The van der Waals surface area contributed by atoms with E-state index in [0.29, 0.717) is 17.9 Å². The molecule has 1 saturated heterocycles. The summed E-state index contributed by atoms with van der Waals surface area (Å²) >= 11 is 0. The Morgan fingerprint density at radius 2 is 2.04 bits per heavy atom. The number of hydrogen-bond donors (Lipinski definition) is 1. The molecule has 2 aromatic rings. The minimum atomic E-state index is -0.0592. The highest BCUT2D eigenvalue weighted by Gasteiger charge is 2.21. The Kier molecular flexibility index (Phi) is 5.38. The molecule has 1 aliphatic heterocycles. The van der Waals surface area contributed by atoms with E-state index in [1.807, 2.05) is 43.1 Å². The van der Waals surface area contributed by atoms with Gasteiger partial charge >= 0.3 is 0 Å². The molecule has 26 heavy (non-hydrogen) atoms. The molecule has 2 N–H and O–H groups in total. The van der Waals surface area contributed by atoms with Crippen LogP contribution in [0.25, 0.3) is 11.3 Å². The van der Waals surface area contributed by atoms with Crippen LogP contribution in [0, 0.1) is 11.3 Å². The van der Waals surface area contributed by atoms with E-state index in [2.05, 4.69) is 6.07 Å². The molecule has 6 nitrogen and oxygen atoms in total. The number of nitrogens with zero attached hydrogens (tertiary/aromatic N) is 4. The van der Waals surface area contributed by atoms with Crippen molar-refractivity contribution < 1.29 is 0 Å². The minimum Gasteiger partial charge on any atom is -0.352 e. The number of nitriles is 1. The number of piperidine rings is 1. The summed E-state index contributed by atoms with van der Waals surface area (Å²) in [5, 5.41) is 9.24. The molecule has 1 fully saturated rings. The normalized spacial score (nSPS) is 15.1. The monoisotopic (exact) mass is 351 g/mol. The second-order valence-corrected chi connectivity index (χ2v) is 6.70. The number of nitrogens with two attached hydrogens (primary N) is 1. The molecule has 136 valence electrons. The number of benzene rings is 1. The summed E-state index contributed by atoms with van der Waals surface area (Å²) in [6.45, 7) is 6.08. The second kappa shape index (κ2) is 7.71. The van der Waals surface area contributed by atoms with Crippen LogP contribution < -0.4 is 16.2 Å². The van der Waals surface area contributed by atoms with Crippen LogP contribution in [0.5, 0.6) is 0 Å². The highest BCUT2D eigenvalue weighted by atomic mass is 16.1. The van der Waals surface area contributed by atoms with Crippen LogP contribution in [0.15, 0.2) is 29.2 Å². The molecule has 0 aliphatic carbocycles. The van der Waals surface area contributed by atoms with E-state index >= 15 is 0 Å². The maximum Gasteiger partial charge on any atom is 0.293 e. The zero-order chi connectivity index (χ0) is 18.7. The first-order valence-electron chi connectivity index (χ1n) is 9.22. The van der Waals surface area contributed by atoms with E-state index in [1.54, 1.807) is 4.57 Å². The van der Waals surface area contributed by atoms with Crippen LogP contribution in [-0.4, -0.2) is 28.7 Å². The largest absolute Gasteiger partial charge is 0.352 e. The maximum atomic E-state index is 12.8. The van der Waals surface area contributed by atoms with E-state index in [9.17, 15) is 10.1 Å². The number of anilines is 1. The topological polar surface area (TPSA) is 87.9 Å². The smallest absolute Gasteiger partial charge is 0.293 e. The summed E-state index contributed by atoms with van der Waals surface area (Å²) < 4.78 is 1.70. The summed E-state index contributed by atoms with van der Waals surface area (Å²) in [6.07, 6.45) is 4.33. The number of aryl methyl sites for hydroxylation is 2. The van der Waals surface area contributed by atoms with Crippen LogP contribution in [0.3, 0.4) is 0 Å². The van der Waals surface area contributed by atoms with E-state index in [1.165, 1.54) is 0 Å². The van der Waals surface area contributed by atoms with Gasteiger partial charge in [0.25, 0.3) is 5.56 Å². The fourth-order valence-corrected chi connectivity index (χ4v) is 3.37. The first-order chi connectivity index (χ1) is 12.6. The number of hydrogen-bond acceptors (Lipinski definition) is 5. The van der Waals surface area contributed by atoms with Crippen molar-refractivity contribution in [3.05, 3.63) is 45.9 Å². The third-order valence-corrected chi connectivity index (χ3v) is 5.04. The molecule has 0 radical (unpaired) electrons. The van der Waals surface area contributed by atoms with E-state index in [0.717, 1.165) is 49.2 Å². The van der Waals surface area contributed by atoms with Gasteiger partial charge in [-0.05, 0) is 43.9 Å². The van der Waals surface area contributed by atoms with Crippen molar-refractivity contribution in [2.75, 3.05) is 18.0 Å². The summed E-state index contributed by atoms with van der Waals surface area (Å²) in [6, 6.07) is 8.17. The van der Waals surface area contributed by atoms with Gasteiger partial charge in [0.2, 0.25) is 0 Å². The van der Waals surface area contributed by atoms with Gasteiger partial charge in [-0.2, -0.15) is 5.26 Å². The molecule has 0 saturated carbocycles. The molecule has 2 heterocycles. The SMILES string of the molecule is CCc1cc(-c2cn(CC)c(=O)c(N3CCC(N)CC3)n2)ccc1C#N. The lowest BCUT2D eigenvalue weighted by atomic mass is 10.0. The molecular formula is C20H25N5O. The van der Waals surface area contributed by atoms with Gasteiger partial charge in [-0.1, -0.05) is 13.0 Å². The van der Waals surface area contributed by atoms with Crippen molar-refractivity contribution in [3.63, 3.8) is 0 Å². The molecular weight excluding hydrogens is 326 g/mol. The Balaban J connectivity index is 2.07. The Morgan fingerprint density at radius 1 is 1.31 bits per heavy atom. The first kappa shape index (κ1) is 18.2. The van der Waals surface area contributed by atoms with Crippen LogP contribution in [0.1, 0.15) is 37.8 Å². The van der Waals surface area contributed by atoms with Crippen LogP contribution in [0.4, 0.5) is 5.82 Å². The van der Waals surface area contributed by atoms with Crippen LogP contribution in [-0.2, 0) is 13.0 Å². The average molecular weight is 351 g/mol. The molecule has 1 aromatic carbocycles. The van der Waals surface area contributed by atoms with Gasteiger partial charge in [-0.15, -0.1) is 0 Å². The Hall–Kier alpha value is -2.65. The first-order valence-corrected chi connectivity index (χ1v) is 9.22. The summed E-state index contributed by atoms with van der Waals surface area (Å²) in [4.78, 5) is 19.5. The van der Waals surface area contributed by atoms with Gasteiger partial charge in [0, 0.05) is 37.4 Å². The Morgan fingerprint density at radius 3 is 2.65 bits per heavy atom. The molecule has 1 aromatic heterocycles. The van der Waals surface area contributed by atoms with Crippen LogP contribution in [0.2, 0.25) is 0 Å². The lowest BCUT2D eigenvalue weighted by Gasteiger charge is -2.31. The van der Waals surface area contributed by atoms with Crippen molar-refractivity contribution in [3.8, 4) is 17.3 Å². The minimum absolute atomic E-state index is 0.0592. The lowest BCUT2D eigenvalue weighted by Crippen LogP contribution is -2.43. The second-order valence-electron chi connectivity index (χ2n) is 6.70. The average Bonchev–Trinajstić information content (AvgIpc) is 2.68. The highest BCUT2D eigenvalue weighted by molar-refractivity contribution is 5.63. The maximum absolute atomic E-state index is 12.8. The molecule has 1 aliphatic rings.